The van der Waals surface area contributed by atoms with E-state index in [4.69, 9.17) is 14.3 Å². The highest BCUT2D eigenvalue weighted by molar-refractivity contribution is 5.90. The number of aryl methyl sites for hydroxylation is 1. The van der Waals surface area contributed by atoms with Crippen molar-refractivity contribution in [2.75, 3.05) is 0 Å². The van der Waals surface area contributed by atoms with Crippen molar-refractivity contribution < 1.29 is 23.4 Å². The molecule has 18 heavy (non-hydrogen) atoms. The van der Waals surface area contributed by atoms with Gasteiger partial charge < -0.3 is 14.3 Å². The minimum absolute atomic E-state index is 0.0970. The number of hydrogen-bond donors (Lipinski definition) is 1. The molecule has 5 heteroatoms. The van der Waals surface area contributed by atoms with Crippen molar-refractivity contribution in [3.8, 4) is 5.75 Å². The van der Waals surface area contributed by atoms with E-state index in [1.165, 1.54) is 6.07 Å². The normalized spacial score (nSPS) is 10.3. The Labute approximate surface area is 103 Å². The third-order valence-corrected chi connectivity index (χ3v) is 2.34. The van der Waals surface area contributed by atoms with Crippen molar-refractivity contribution in [1.82, 2.24) is 0 Å². The lowest BCUT2D eigenvalue weighted by Gasteiger charge is -2.07. The molecule has 2 rings (SSSR count). The molecule has 1 N–H and O–H groups in total. The molecule has 0 aliphatic carbocycles. The highest BCUT2D eigenvalue weighted by Gasteiger charge is 2.13. The lowest BCUT2D eigenvalue weighted by molar-refractivity contribution is 0.0690. The smallest absolute Gasteiger partial charge is 0.339 e. The van der Waals surface area contributed by atoms with E-state index < -0.39 is 11.8 Å². The van der Waals surface area contributed by atoms with Crippen molar-refractivity contribution >= 4 is 5.97 Å². The molecule has 0 unspecified atom stereocenters. The van der Waals surface area contributed by atoms with Crippen LogP contribution in [0.2, 0.25) is 0 Å². The fraction of sp³-hybridized carbons (Fsp3) is 0.154. The topological polar surface area (TPSA) is 59.7 Å². The number of carbonyl (C=O) groups is 1. The summed E-state index contributed by atoms with van der Waals surface area (Å²) in [7, 11) is 0. The maximum atomic E-state index is 12.9. The largest absolute Gasteiger partial charge is 0.485 e. The fourth-order valence-corrected chi connectivity index (χ4v) is 1.51. The predicted molar refractivity (Wildman–Crippen MR) is 61.1 cm³/mol. The first-order chi connectivity index (χ1) is 8.56. The second kappa shape index (κ2) is 4.91. The molecule has 0 saturated heterocycles. The molecule has 4 nitrogen and oxygen atoms in total. The van der Waals surface area contributed by atoms with E-state index in [1.54, 1.807) is 19.1 Å². The van der Waals surface area contributed by atoms with Crippen LogP contribution in [0.5, 0.6) is 5.75 Å². The Morgan fingerprint density at radius 3 is 2.78 bits per heavy atom. The molecule has 0 aliphatic heterocycles. The number of furan rings is 1. The van der Waals surface area contributed by atoms with Gasteiger partial charge in [-0.3, -0.25) is 0 Å². The van der Waals surface area contributed by atoms with Crippen LogP contribution >= 0.6 is 0 Å². The summed E-state index contributed by atoms with van der Waals surface area (Å²) in [4.78, 5) is 10.9. The molecule has 1 aromatic carbocycles. The summed E-state index contributed by atoms with van der Waals surface area (Å²) in [5, 5.41) is 8.92. The lowest BCUT2D eigenvalue weighted by atomic mass is 10.2. The molecule has 0 radical (unpaired) electrons. The van der Waals surface area contributed by atoms with Crippen LogP contribution < -0.4 is 4.74 Å². The van der Waals surface area contributed by atoms with Crippen molar-refractivity contribution in [3.05, 3.63) is 53.2 Å². The standard InChI is InChI=1S/C13H11FO4/c1-8-2-4-10(18-8)7-17-12-5-3-9(14)6-11(12)13(15)16/h2-6H,7H2,1H3,(H,15,16). The number of rotatable bonds is 4. The number of halogens is 1. The van der Waals surface area contributed by atoms with Crippen LogP contribution in [-0.4, -0.2) is 11.1 Å². The molecule has 94 valence electrons. The van der Waals surface area contributed by atoms with Crippen LogP contribution in [0.1, 0.15) is 21.9 Å². The van der Waals surface area contributed by atoms with E-state index in [1.807, 2.05) is 0 Å². The Morgan fingerprint density at radius 1 is 1.39 bits per heavy atom. The van der Waals surface area contributed by atoms with Gasteiger partial charge >= 0.3 is 5.97 Å². The Morgan fingerprint density at radius 2 is 2.17 bits per heavy atom. The van der Waals surface area contributed by atoms with Gasteiger partial charge in [-0.2, -0.15) is 0 Å². The zero-order valence-electron chi connectivity index (χ0n) is 9.64. The van der Waals surface area contributed by atoms with E-state index in [0.717, 1.165) is 17.9 Å². The highest BCUT2D eigenvalue weighted by Crippen LogP contribution is 2.21. The zero-order chi connectivity index (χ0) is 13.1. The monoisotopic (exact) mass is 250 g/mol. The summed E-state index contributed by atoms with van der Waals surface area (Å²) in [6, 6.07) is 6.87. The predicted octanol–water partition coefficient (Wildman–Crippen LogP) is 3.00. The van der Waals surface area contributed by atoms with Crippen molar-refractivity contribution in [2.45, 2.75) is 13.5 Å². The second-order valence-electron chi connectivity index (χ2n) is 3.75. The summed E-state index contributed by atoms with van der Waals surface area (Å²) in [6.07, 6.45) is 0. The van der Waals surface area contributed by atoms with E-state index in [2.05, 4.69) is 0 Å². The Hall–Kier alpha value is -2.30. The van der Waals surface area contributed by atoms with Gasteiger partial charge in [-0.25, -0.2) is 9.18 Å². The molecule has 0 saturated carbocycles. The molecule has 0 fully saturated rings. The molecule has 1 heterocycles. The highest BCUT2D eigenvalue weighted by atomic mass is 19.1. The van der Waals surface area contributed by atoms with Crippen LogP contribution in [0.4, 0.5) is 4.39 Å². The number of hydrogen-bond acceptors (Lipinski definition) is 3. The van der Waals surface area contributed by atoms with Crippen LogP contribution in [0, 0.1) is 12.7 Å². The van der Waals surface area contributed by atoms with Gasteiger partial charge in [-0.05, 0) is 37.3 Å². The van der Waals surface area contributed by atoms with Gasteiger partial charge in [0.25, 0.3) is 0 Å². The van der Waals surface area contributed by atoms with Crippen molar-refractivity contribution in [2.24, 2.45) is 0 Å². The molecule has 0 amide bonds. The first-order valence-electron chi connectivity index (χ1n) is 5.27. The third kappa shape index (κ3) is 2.68. The third-order valence-electron chi connectivity index (χ3n) is 2.34. The van der Waals surface area contributed by atoms with Gasteiger partial charge in [-0.1, -0.05) is 0 Å². The van der Waals surface area contributed by atoms with E-state index >= 15 is 0 Å². The van der Waals surface area contributed by atoms with Crippen LogP contribution in [0.15, 0.2) is 34.7 Å². The van der Waals surface area contributed by atoms with Gasteiger partial charge in [0.2, 0.25) is 0 Å². The molecular weight excluding hydrogens is 239 g/mol. The van der Waals surface area contributed by atoms with E-state index in [0.29, 0.717) is 5.76 Å². The SMILES string of the molecule is Cc1ccc(COc2ccc(F)cc2C(=O)O)o1. The summed E-state index contributed by atoms with van der Waals surface area (Å²) >= 11 is 0. The number of carboxylic acid groups (broad SMARTS) is 1. The number of carboxylic acids is 1. The Bertz CT molecular complexity index is 574. The molecular formula is C13H11FO4. The first kappa shape index (κ1) is 12.2. The minimum Gasteiger partial charge on any atom is -0.485 e. The molecule has 0 aliphatic rings. The van der Waals surface area contributed by atoms with Gasteiger partial charge in [0.1, 0.15) is 35.3 Å². The van der Waals surface area contributed by atoms with E-state index in [9.17, 15) is 9.18 Å². The molecule has 0 spiro atoms. The molecule has 0 atom stereocenters. The van der Waals surface area contributed by atoms with Gasteiger partial charge in [-0.15, -0.1) is 0 Å². The van der Waals surface area contributed by atoms with Crippen LogP contribution in [0.25, 0.3) is 0 Å². The summed E-state index contributed by atoms with van der Waals surface area (Å²) in [5.74, 6) is -0.425. The minimum atomic E-state index is -1.24. The first-order valence-corrected chi connectivity index (χ1v) is 5.27. The van der Waals surface area contributed by atoms with Crippen LogP contribution in [0.3, 0.4) is 0 Å². The number of aromatic carboxylic acids is 1. The molecule has 0 bridgehead atoms. The number of ether oxygens (including phenoxy) is 1. The summed E-state index contributed by atoms with van der Waals surface area (Å²) < 4.78 is 23.5. The maximum Gasteiger partial charge on any atom is 0.339 e. The van der Waals surface area contributed by atoms with Crippen LogP contribution in [-0.2, 0) is 6.61 Å². The average molecular weight is 250 g/mol. The second-order valence-corrected chi connectivity index (χ2v) is 3.75. The van der Waals surface area contributed by atoms with Gasteiger partial charge in [0, 0.05) is 0 Å². The van der Waals surface area contributed by atoms with Gasteiger partial charge in [0.05, 0.1) is 0 Å². The fourth-order valence-electron chi connectivity index (χ4n) is 1.51. The maximum absolute atomic E-state index is 12.9. The Balaban J connectivity index is 2.16. The van der Waals surface area contributed by atoms with E-state index in [-0.39, 0.29) is 17.9 Å². The van der Waals surface area contributed by atoms with Gasteiger partial charge in [0.15, 0.2) is 0 Å². The summed E-state index contributed by atoms with van der Waals surface area (Å²) in [6.45, 7) is 1.89. The quantitative estimate of drug-likeness (QED) is 0.906. The summed E-state index contributed by atoms with van der Waals surface area (Å²) in [5.41, 5.74) is -0.210. The molecule has 2 aromatic rings. The van der Waals surface area contributed by atoms with Crippen molar-refractivity contribution in [1.29, 1.82) is 0 Å². The lowest BCUT2D eigenvalue weighted by Crippen LogP contribution is -2.03. The average Bonchev–Trinajstić information content (AvgIpc) is 2.73. The number of benzene rings is 1. The Kier molecular flexibility index (Phi) is 3.32. The van der Waals surface area contributed by atoms with Crippen molar-refractivity contribution in [3.63, 3.8) is 0 Å². The molecule has 1 aromatic heterocycles. The zero-order valence-corrected chi connectivity index (χ0v) is 9.64.